The highest BCUT2D eigenvalue weighted by atomic mass is 16.5. The average Bonchev–Trinajstić information content (AvgIpc) is 2.59. The normalized spacial score (nSPS) is 10.8. The summed E-state index contributed by atoms with van der Waals surface area (Å²) in [6.45, 7) is 1.63. The zero-order valence-electron chi connectivity index (χ0n) is 13.8. The van der Waals surface area contributed by atoms with E-state index in [-0.39, 0.29) is 30.0 Å². The standard InChI is InChI=1S/C17H17N3O6/c1-9-4-13(18)15(26-3-2-21)8-14(9)20-19-12-6-10(16(22)23)5-11(7-12)17(24)25/h4-8,21H,2-3,18H2,1H3,(H,22,23)(H,24,25). The molecule has 26 heavy (non-hydrogen) atoms. The molecule has 0 aliphatic carbocycles. The number of carbonyl (C=O) groups is 2. The lowest BCUT2D eigenvalue weighted by Crippen LogP contribution is -2.04. The van der Waals surface area contributed by atoms with Gasteiger partial charge in [0.2, 0.25) is 0 Å². The number of nitrogens with two attached hydrogens (primary N) is 1. The molecular formula is C17H17N3O6. The van der Waals surface area contributed by atoms with Crippen molar-refractivity contribution in [2.45, 2.75) is 6.92 Å². The van der Waals surface area contributed by atoms with Gasteiger partial charge in [-0.15, -0.1) is 0 Å². The summed E-state index contributed by atoms with van der Waals surface area (Å²) in [6.07, 6.45) is 0. The third kappa shape index (κ3) is 4.54. The maximum Gasteiger partial charge on any atom is 0.335 e. The van der Waals surface area contributed by atoms with Crippen LogP contribution in [-0.4, -0.2) is 40.5 Å². The minimum Gasteiger partial charge on any atom is -0.489 e. The lowest BCUT2D eigenvalue weighted by Gasteiger charge is -2.10. The van der Waals surface area contributed by atoms with Crippen LogP contribution in [0.4, 0.5) is 17.1 Å². The summed E-state index contributed by atoms with van der Waals surface area (Å²) in [5.41, 5.74) is 6.97. The number of hydrogen-bond donors (Lipinski definition) is 4. The molecule has 0 saturated carbocycles. The molecule has 0 saturated heterocycles. The van der Waals surface area contributed by atoms with Gasteiger partial charge in [0.05, 0.1) is 34.8 Å². The first-order valence-corrected chi connectivity index (χ1v) is 7.49. The van der Waals surface area contributed by atoms with Crippen LogP contribution in [0.3, 0.4) is 0 Å². The van der Waals surface area contributed by atoms with Gasteiger partial charge < -0.3 is 25.8 Å². The fourth-order valence-corrected chi connectivity index (χ4v) is 2.12. The van der Waals surface area contributed by atoms with Gasteiger partial charge in [0.1, 0.15) is 12.4 Å². The van der Waals surface area contributed by atoms with E-state index in [0.29, 0.717) is 22.7 Å². The van der Waals surface area contributed by atoms with Crippen LogP contribution in [-0.2, 0) is 0 Å². The number of rotatable bonds is 7. The maximum absolute atomic E-state index is 11.1. The van der Waals surface area contributed by atoms with Gasteiger partial charge >= 0.3 is 11.9 Å². The van der Waals surface area contributed by atoms with E-state index in [1.807, 2.05) is 0 Å². The predicted molar refractivity (Wildman–Crippen MR) is 92.7 cm³/mol. The molecule has 9 nitrogen and oxygen atoms in total. The van der Waals surface area contributed by atoms with Crippen molar-refractivity contribution < 1.29 is 29.6 Å². The molecule has 0 radical (unpaired) electrons. The zero-order chi connectivity index (χ0) is 19.3. The van der Waals surface area contributed by atoms with Gasteiger partial charge in [-0.1, -0.05) is 0 Å². The molecule has 0 bridgehead atoms. The van der Waals surface area contributed by atoms with E-state index >= 15 is 0 Å². The van der Waals surface area contributed by atoms with Gasteiger partial charge in [0, 0.05) is 6.07 Å². The van der Waals surface area contributed by atoms with E-state index in [1.54, 1.807) is 13.0 Å². The number of aryl methyl sites for hydroxylation is 1. The summed E-state index contributed by atoms with van der Waals surface area (Å²) in [7, 11) is 0. The number of hydrogen-bond acceptors (Lipinski definition) is 7. The van der Waals surface area contributed by atoms with E-state index in [1.165, 1.54) is 18.2 Å². The van der Waals surface area contributed by atoms with Crippen molar-refractivity contribution in [3.05, 3.63) is 47.0 Å². The summed E-state index contributed by atoms with van der Waals surface area (Å²) in [5, 5.41) is 34.9. The smallest absolute Gasteiger partial charge is 0.335 e. The largest absolute Gasteiger partial charge is 0.489 e. The van der Waals surface area contributed by atoms with E-state index in [2.05, 4.69) is 10.2 Å². The van der Waals surface area contributed by atoms with Crippen LogP contribution in [0.1, 0.15) is 26.3 Å². The van der Waals surface area contributed by atoms with Gasteiger partial charge in [-0.2, -0.15) is 10.2 Å². The molecule has 9 heteroatoms. The Bertz CT molecular complexity index is 847. The van der Waals surface area contributed by atoms with Crippen molar-refractivity contribution in [3.8, 4) is 5.75 Å². The number of carboxylic acids is 2. The van der Waals surface area contributed by atoms with Gasteiger partial charge in [-0.25, -0.2) is 9.59 Å². The van der Waals surface area contributed by atoms with Gasteiger partial charge in [0.15, 0.2) is 0 Å². The second-order valence-corrected chi connectivity index (χ2v) is 5.33. The van der Waals surface area contributed by atoms with Crippen LogP contribution in [0.5, 0.6) is 5.75 Å². The molecule has 0 heterocycles. The van der Waals surface area contributed by atoms with Crippen molar-refractivity contribution >= 4 is 29.0 Å². The minimum atomic E-state index is -1.27. The van der Waals surface area contributed by atoms with Gasteiger partial charge in [-0.05, 0) is 36.8 Å². The van der Waals surface area contributed by atoms with Crippen LogP contribution >= 0.6 is 0 Å². The number of ether oxygens (including phenoxy) is 1. The summed E-state index contributed by atoms with van der Waals surface area (Å²) < 4.78 is 5.30. The van der Waals surface area contributed by atoms with Crippen molar-refractivity contribution in [2.75, 3.05) is 18.9 Å². The quantitative estimate of drug-likeness (QED) is 0.437. The van der Waals surface area contributed by atoms with Crippen molar-refractivity contribution in [2.24, 2.45) is 10.2 Å². The number of azo groups is 1. The Morgan fingerprint density at radius 3 is 2.19 bits per heavy atom. The van der Waals surface area contributed by atoms with E-state index < -0.39 is 11.9 Å². The third-order valence-electron chi connectivity index (χ3n) is 3.36. The van der Waals surface area contributed by atoms with E-state index in [0.717, 1.165) is 6.07 Å². The fraction of sp³-hybridized carbons (Fsp3) is 0.176. The molecule has 5 N–H and O–H groups in total. The van der Waals surface area contributed by atoms with E-state index in [9.17, 15) is 9.59 Å². The number of nitrogens with zero attached hydrogens (tertiary/aromatic N) is 2. The summed E-state index contributed by atoms with van der Waals surface area (Å²) in [4.78, 5) is 22.2. The first-order valence-electron chi connectivity index (χ1n) is 7.49. The van der Waals surface area contributed by atoms with Crippen LogP contribution < -0.4 is 10.5 Å². The predicted octanol–water partition coefficient (Wildman–Crippen LogP) is 2.76. The van der Waals surface area contributed by atoms with E-state index in [4.69, 9.17) is 25.8 Å². The van der Waals surface area contributed by atoms with Crippen molar-refractivity contribution in [3.63, 3.8) is 0 Å². The SMILES string of the molecule is Cc1cc(N)c(OCCO)cc1N=Nc1cc(C(=O)O)cc(C(=O)O)c1. The number of anilines is 1. The molecule has 2 rings (SSSR count). The third-order valence-corrected chi connectivity index (χ3v) is 3.36. The molecule has 2 aromatic carbocycles. The number of aliphatic hydroxyl groups excluding tert-OH is 1. The fourth-order valence-electron chi connectivity index (χ4n) is 2.12. The molecule has 136 valence electrons. The zero-order valence-corrected chi connectivity index (χ0v) is 13.8. The first-order chi connectivity index (χ1) is 12.3. The molecule has 0 fully saturated rings. The van der Waals surface area contributed by atoms with Crippen LogP contribution in [0.25, 0.3) is 0 Å². The maximum atomic E-state index is 11.1. The lowest BCUT2D eigenvalue weighted by molar-refractivity contribution is 0.0696. The Morgan fingerprint density at radius 1 is 1.04 bits per heavy atom. The lowest BCUT2D eigenvalue weighted by atomic mass is 10.1. The molecule has 0 aliphatic heterocycles. The van der Waals surface area contributed by atoms with Gasteiger partial charge in [-0.3, -0.25) is 0 Å². The highest BCUT2D eigenvalue weighted by Gasteiger charge is 2.12. The molecule has 0 unspecified atom stereocenters. The van der Waals surface area contributed by atoms with Crippen LogP contribution in [0, 0.1) is 6.92 Å². The minimum absolute atomic E-state index is 0.0620. The molecule has 0 amide bonds. The van der Waals surface area contributed by atoms with Crippen LogP contribution in [0.15, 0.2) is 40.6 Å². The van der Waals surface area contributed by atoms with Crippen LogP contribution in [0.2, 0.25) is 0 Å². The number of aliphatic hydroxyl groups is 1. The highest BCUT2D eigenvalue weighted by molar-refractivity contribution is 5.95. The second-order valence-electron chi connectivity index (χ2n) is 5.33. The topological polar surface area (TPSA) is 155 Å². The Labute approximate surface area is 148 Å². The molecule has 0 aromatic heterocycles. The number of nitrogen functional groups attached to an aromatic ring is 1. The number of aromatic carboxylic acids is 2. The number of benzene rings is 2. The van der Waals surface area contributed by atoms with Gasteiger partial charge in [0.25, 0.3) is 0 Å². The summed E-state index contributed by atoms with van der Waals surface area (Å²) in [5.74, 6) is -2.22. The Balaban J connectivity index is 2.40. The Morgan fingerprint density at radius 2 is 1.65 bits per heavy atom. The van der Waals surface area contributed by atoms with Crippen molar-refractivity contribution in [1.29, 1.82) is 0 Å². The molecule has 2 aromatic rings. The molecule has 0 spiro atoms. The number of carboxylic acid groups (broad SMARTS) is 2. The highest BCUT2D eigenvalue weighted by Crippen LogP contribution is 2.32. The Hall–Kier alpha value is -3.46. The average molecular weight is 359 g/mol. The monoisotopic (exact) mass is 359 g/mol. The summed E-state index contributed by atoms with van der Waals surface area (Å²) >= 11 is 0. The Kier molecular flexibility index (Phi) is 5.86. The molecular weight excluding hydrogens is 342 g/mol. The van der Waals surface area contributed by atoms with Crippen molar-refractivity contribution in [1.82, 2.24) is 0 Å². The first kappa shape index (κ1) is 18.9. The molecule has 0 aliphatic rings. The second kappa shape index (κ2) is 8.08. The summed E-state index contributed by atoms with van der Waals surface area (Å²) in [6, 6.07) is 6.63. The molecule has 0 atom stereocenters.